The Bertz CT molecular complexity index is 326. The van der Waals surface area contributed by atoms with Crippen LogP contribution in [0.3, 0.4) is 0 Å². The van der Waals surface area contributed by atoms with E-state index in [0.29, 0.717) is 12.1 Å². The SMILES string of the molecule is C/C=C/CCNC(=O)c1coc(C)c1. The molecule has 1 aromatic heterocycles. The molecule has 0 fully saturated rings. The number of allylic oxidation sites excluding steroid dienone is 1. The van der Waals surface area contributed by atoms with Crippen molar-refractivity contribution in [3.63, 3.8) is 0 Å². The van der Waals surface area contributed by atoms with E-state index in [0.717, 1.165) is 12.2 Å². The first kappa shape index (κ1) is 10.6. The standard InChI is InChI=1S/C11H15NO2/c1-3-4-5-6-12-11(13)10-7-9(2)14-8-10/h3-4,7-8H,5-6H2,1-2H3,(H,12,13)/b4-3+. The van der Waals surface area contributed by atoms with Crippen molar-refractivity contribution >= 4 is 5.91 Å². The summed E-state index contributed by atoms with van der Waals surface area (Å²) in [6, 6.07) is 1.73. The summed E-state index contributed by atoms with van der Waals surface area (Å²) in [5.74, 6) is 0.676. The van der Waals surface area contributed by atoms with Crippen LogP contribution in [-0.2, 0) is 0 Å². The molecule has 1 aromatic rings. The Morgan fingerprint density at radius 2 is 2.43 bits per heavy atom. The molecular formula is C11H15NO2. The number of hydrogen-bond donors (Lipinski definition) is 1. The summed E-state index contributed by atoms with van der Waals surface area (Å²) in [6.45, 7) is 4.44. The van der Waals surface area contributed by atoms with Gasteiger partial charge < -0.3 is 9.73 Å². The van der Waals surface area contributed by atoms with Gasteiger partial charge in [0.15, 0.2) is 0 Å². The van der Waals surface area contributed by atoms with E-state index in [2.05, 4.69) is 5.32 Å². The van der Waals surface area contributed by atoms with Gasteiger partial charge in [0.2, 0.25) is 0 Å². The lowest BCUT2D eigenvalue weighted by Crippen LogP contribution is -2.23. The predicted octanol–water partition coefficient (Wildman–Crippen LogP) is 2.28. The molecule has 0 unspecified atom stereocenters. The molecule has 0 radical (unpaired) electrons. The third kappa shape index (κ3) is 3.09. The lowest BCUT2D eigenvalue weighted by molar-refractivity contribution is 0.0953. The normalized spacial score (nSPS) is 10.7. The summed E-state index contributed by atoms with van der Waals surface area (Å²) < 4.78 is 5.04. The predicted molar refractivity (Wildman–Crippen MR) is 55.2 cm³/mol. The van der Waals surface area contributed by atoms with Crippen molar-refractivity contribution < 1.29 is 9.21 Å². The van der Waals surface area contributed by atoms with Gasteiger partial charge in [-0.2, -0.15) is 0 Å². The molecule has 3 nitrogen and oxygen atoms in total. The zero-order valence-corrected chi connectivity index (χ0v) is 8.54. The molecule has 3 heteroatoms. The van der Waals surface area contributed by atoms with Crippen molar-refractivity contribution in [2.75, 3.05) is 6.54 Å². The smallest absolute Gasteiger partial charge is 0.254 e. The van der Waals surface area contributed by atoms with Gasteiger partial charge in [-0.1, -0.05) is 12.2 Å². The average Bonchev–Trinajstić information content (AvgIpc) is 2.59. The number of carbonyl (C=O) groups excluding carboxylic acids is 1. The van der Waals surface area contributed by atoms with E-state index in [4.69, 9.17) is 4.42 Å². The van der Waals surface area contributed by atoms with E-state index in [1.54, 1.807) is 6.07 Å². The fraction of sp³-hybridized carbons (Fsp3) is 0.364. The van der Waals surface area contributed by atoms with Crippen LogP contribution in [0.5, 0.6) is 0 Å². The molecule has 0 aromatic carbocycles. The molecule has 0 saturated carbocycles. The van der Waals surface area contributed by atoms with Crippen molar-refractivity contribution in [1.29, 1.82) is 0 Å². The topological polar surface area (TPSA) is 42.2 Å². The Hall–Kier alpha value is -1.51. The zero-order valence-electron chi connectivity index (χ0n) is 8.54. The molecule has 0 bridgehead atoms. The summed E-state index contributed by atoms with van der Waals surface area (Å²) in [5.41, 5.74) is 0.586. The highest BCUT2D eigenvalue weighted by atomic mass is 16.3. The van der Waals surface area contributed by atoms with Gasteiger partial charge in [0.1, 0.15) is 12.0 Å². The Labute approximate surface area is 83.8 Å². The molecule has 1 amide bonds. The lowest BCUT2D eigenvalue weighted by atomic mass is 10.3. The average molecular weight is 193 g/mol. The lowest BCUT2D eigenvalue weighted by Gasteiger charge is -1.99. The molecule has 0 aliphatic heterocycles. The molecule has 1 N–H and O–H groups in total. The van der Waals surface area contributed by atoms with E-state index in [9.17, 15) is 4.79 Å². The van der Waals surface area contributed by atoms with Crippen LogP contribution in [0, 0.1) is 6.92 Å². The first-order valence-electron chi connectivity index (χ1n) is 4.68. The second-order valence-electron chi connectivity index (χ2n) is 3.06. The fourth-order valence-corrected chi connectivity index (χ4v) is 1.10. The molecule has 0 aliphatic rings. The first-order chi connectivity index (χ1) is 6.74. The Balaban J connectivity index is 2.35. The van der Waals surface area contributed by atoms with Crippen molar-refractivity contribution in [2.45, 2.75) is 20.3 Å². The van der Waals surface area contributed by atoms with E-state index in [1.807, 2.05) is 26.0 Å². The first-order valence-corrected chi connectivity index (χ1v) is 4.68. The fourth-order valence-electron chi connectivity index (χ4n) is 1.10. The summed E-state index contributed by atoms with van der Waals surface area (Å²) in [5, 5.41) is 2.80. The van der Waals surface area contributed by atoms with E-state index < -0.39 is 0 Å². The van der Waals surface area contributed by atoms with Crippen LogP contribution in [0.15, 0.2) is 28.9 Å². The molecule has 1 rings (SSSR count). The largest absolute Gasteiger partial charge is 0.469 e. The summed E-state index contributed by atoms with van der Waals surface area (Å²) in [6.07, 6.45) is 6.31. The van der Waals surface area contributed by atoms with Crippen LogP contribution in [0.4, 0.5) is 0 Å². The maximum Gasteiger partial charge on any atom is 0.254 e. The third-order valence-corrected chi connectivity index (χ3v) is 1.83. The molecule has 0 atom stereocenters. The van der Waals surface area contributed by atoms with Gasteiger partial charge >= 0.3 is 0 Å². The van der Waals surface area contributed by atoms with Crippen molar-refractivity contribution in [1.82, 2.24) is 5.32 Å². The van der Waals surface area contributed by atoms with Gasteiger partial charge in [0.25, 0.3) is 5.91 Å². The van der Waals surface area contributed by atoms with Gasteiger partial charge in [0, 0.05) is 6.54 Å². The summed E-state index contributed by atoms with van der Waals surface area (Å²) in [7, 11) is 0. The molecule has 14 heavy (non-hydrogen) atoms. The van der Waals surface area contributed by atoms with Gasteiger partial charge in [-0.25, -0.2) is 0 Å². The summed E-state index contributed by atoms with van der Waals surface area (Å²) in [4.78, 5) is 11.4. The monoisotopic (exact) mass is 193 g/mol. The van der Waals surface area contributed by atoms with Crippen molar-refractivity contribution in [3.05, 3.63) is 35.8 Å². The van der Waals surface area contributed by atoms with E-state index >= 15 is 0 Å². The molecular weight excluding hydrogens is 178 g/mol. The Morgan fingerprint density at radius 1 is 1.64 bits per heavy atom. The van der Waals surface area contributed by atoms with Crippen molar-refractivity contribution in [2.24, 2.45) is 0 Å². The van der Waals surface area contributed by atoms with Crippen molar-refractivity contribution in [3.8, 4) is 0 Å². The minimum Gasteiger partial charge on any atom is -0.469 e. The highest BCUT2D eigenvalue weighted by Crippen LogP contribution is 2.05. The zero-order chi connectivity index (χ0) is 10.4. The van der Waals surface area contributed by atoms with E-state index in [-0.39, 0.29) is 5.91 Å². The van der Waals surface area contributed by atoms with Crippen LogP contribution in [0.1, 0.15) is 29.5 Å². The Morgan fingerprint density at radius 3 is 3.00 bits per heavy atom. The Kier molecular flexibility index (Phi) is 3.98. The minimum absolute atomic E-state index is 0.0775. The van der Waals surface area contributed by atoms with Crippen LogP contribution >= 0.6 is 0 Å². The number of aryl methyl sites for hydroxylation is 1. The van der Waals surface area contributed by atoms with Gasteiger partial charge in [0.05, 0.1) is 5.56 Å². The molecule has 0 spiro atoms. The molecule has 76 valence electrons. The maximum atomic E-state index is 11.4. The van der Waals surface area contributed by atoms with Crippen LogP contribution in [0.25, 0.3) is 0 Å². The van der Waals surface area contributed by atoms with Crippen LogP contribution in [0.2, 0.25) is 0 Å². The summed E-state index contributed by atoms with van der Waals surface area (Å²) >= 11 is 0. The van der Waals surface area contributed by atoms with Crippen LogP contribution < -0.4 is 5.32 Å². The highest BCUT2D eigenvalue weighted by Gasteiger charge is 2.06. The van der Waals surface area contributed by atoms with E-state index in [1.165, 1.54) is 6.26 Å². The number of rotatable bonds is 4. The van der Waals surface area contributed by atoms with Gasteiger partial charge in [-0.05, 0) is 26.3 Å². The number of nitrogens with one attached hydrogen (secondary N) is 1. The molecule has 0 aliphatic carbocycles. The van der Waals surface area contributed by atoms with Crippen LogP contribution in [-0.4, -0.2) is 12.5 Å². The number of carbonyl (C=O) groups is 1. The molecule has 1 heterocycles. The molecule has 0 saturated heterocycles. The maximum absolute atomic E-state index is 11.4. The van der Waals surface area contributed by atoms with Gasteiger partial charge in [-0.3, -0.25) is 4.79 Å². The number of furan rings is 1. The second kappa shape index (κ2) is 5.27. The van der Waals surface area contributed by atoms with Gasteiger partial charge in [-0.15, -0.1) is 0 Å². The third-order valence-electron chi connectivity index (χ3n) is 1.83. The quantitative estimate of drug-likeness (QED) is 0.588. The highest BCUT2D eigenvalue weighted by molar-refractivity contribution is 5.93. The second-order valence-corrected chi connectivity index (χ2v) is 3.06. The minimum atomic E-state index is -0.0775. The number of hydrogen-bond acceptors (Lipinski definition) is 2. The number of amides is 1.